The normalized spacial score (nSPS) is 14.0. The van der Waals surface area contributed by atoms with Crippen molar-refractivity contribution in [2.24, 2.45) is 5.92 Å². The first-order chi connectivity index (χ1) is 5.35. The highest BCUT2D eigenvalue weighted by molar-refractivity contribution is 5.79. The number of allylic oxidation sites excluding steroid dienone is 1. The molecule has 0 saturated heterocycles. The van der Waals surface area contributed by atoms with E-state index in [1.54, 1.807) is 19.9 Å². The second kappa shape index (κ2) is 4.41. The number of rotatable bonds is 5. The standard InChI is InChI=1S/C10H18O2/c1-5-8(2)6-9(11)7-10(3,4)12/h5,8,12H,1,6-7H2,2-4H3/t8-/m0/s1. The summed E-state index contributed by atoms with van der Waals surface area (Å²) in [5.74, 6) is 0.301. The van der Waals surface area contributed by atoms with Gasteiger partial charge in [0.25, 0.3) is 0 Å². The number of carbonyl (C=O) groups is 1. The largest absolute Gasteiger partial charge is 0.390 e. The van der Waals surface area contributed by atoms with E-state index in [4.69, 9.17) is 0 Å². The molecule has 12 heavy (non-hydrogen) atoms. The lowest BCUT2D eigenvalue weighted by Gasteiger charge is -2.16. The minimum absolute atomic E-state index is 0.0925. The predicted octanol–water partition coefficient (Wildman–Crippen LogP) is 1.93. The number of ketones is 1. The number of hydrogen-bond donors (Lipinski definition) is 1. The van der Waals surface area contributed by atoms with E-state index in [0.717, 1.165) is 0 Å². The first-order valence-corrected chi connectivity index (χ1v) is 4.22. The molecule has 0 spiro atoms. The first kappa shape index (κ1) is 11.4. The zero-order valence-corrected chi connectivity index (χ0v) is 8.13. The van der Waals surface area contributed by atoms with Crippen LogP contribution in [0.25, 0.3) is 0 Å². The molecule has 0 unspecified atom stereocenters. The van der Waals surface area contributed by atoms with Gasteiger partial charge >= 0.3 is 0 Å². The third-order valence-electron chi connectivity index (χ3n) is 1.58. The highest BCUT2D eigenvalue weighted by Crippen LogP contribution is 2.12. The second-order valence-electron chi connectivity index (χ2n) is 3.94. The molecule has 0 aromatic heterocycles. The monoisotopic (exact) mass is 170 g/mol. The SMILES string of the molecule is C=C[C@H](C)CC(=O)CC(C)(C)O. The lowest BCUT2D eigenvalue weighted by molar-refractivity contribution is -0.123. The third-order valence-corrected chi connectivity index (χ3v) is 1.58. The number of Topliss-reactive ketones (excluding diaryl/α,β-unsaturated/α-hetero) is 1. The molecule has 0 aliphatic heterocycles. The molecule has 0 rings (SSSR count). The fourth-order valence-corrected chi connectivity index (χ4v) is 0.997. The molecule has 1 atom stereocenters. The minimum atomic E-state index is -0.877. The van der Waals surface area contributed by atoms with E-state index < -0.39 is 5.60 Å². The fourth-order valence-electron chi connectivity index (χ4n) is 0.997. The smallest absolute Gasteiger partial charge is 0.136 e. The summed E-state index contributed by atoms with van der Waals surface area (Å²) in [5.41, 5.74) is -0.877. The summed E-state index contributed by atoms with van der Waals surface area (Å²) in [7, 11) is 0. The van der Waals surface area contributed by atoms with Gasteiger partial charge in [0.2, 0.25) is 0 Å². The number of aliphatic hydroxyl groups is 1. The van der Waals surface area contributed by atoms with Gasteiger partial charge in [-0.15, -0.1) is 6.58 Å². The van der Waals surface area contributed by atoms with Crippen LogP contribution in [0.15, 0.2) is 12.7 Å². The molecule has 0 aromatic carbocycles. The lowest BCUT2D eigenvalue weighted by Crippen LogP contribution is -2.23. The first-order valence-electron chi connectivity index (χ1n) is 4.22. The Balaban J connectivity index is 3.82. The molecular formula is C10H18O2. The Hall–Kier alpha value is -0.630. The summed E-state index contributed by atoms with van der Waals surface area (Å²) >= 11 is 0. The van der Waals surface area contributed by atoms with Gasteiger partial charge < -0.3 is 5.11 Å². The maximum Gasteiger partial charge on any atom is 0.136 e. The molecule has 70 valence electrons. The Morgan fingerprint density at radius 1 is 1.67 bits per heavy atom. The van der Waals surface area contributed by atoms with Crippen LogP contribution in [-0.2, 0) is 4.79 Å². The summed E-state index contributed by atoms with van der Waals surface area (Å²) < 4.78 is 0. The molecule has 0 fully saturated rings. The highest BCUT2D eigenvalue weighted by Gasteiger charge is 2.18. The van der Waals surface area contributed by atoms with Crippen molar-refractivity contribution in [3.63, 3.8) is 0 Å². The van der Waals surface area contributed by atoms with Gasteiger partial charge in [0.1, 0.15) is 5.78 Å². The summed E-state index contributed by atoms with van der Waals surface area (Å²) in [5, 5.41) is 9.33. The average molecular weight is 170 g/mol. The summed E-state index contributed by atoms with van der Waals surface area (Å²) in [6, 6.07) is 0. The van der Waals surface area contributed by atoms with Crippen LogP contribution < -0.4 is 0 Å². The van der Waals surface area contributed by atoms with Crippen molar-refractivity contribution in [3.05, 3.63) is 12.7 Å². The van der Waals surface area contributed by atoms with Gasteiger partial charge in [-0.2, -0.15) is 0 Å². The van der Waals surface area contributed by atoms with Crippen LogP contribution >= 0.6 is 0 Å². The predicted molar refractivity (Wildman–Crippen MR) is 49.9 cm³/mol. The molecule has 0 aliphatic carbocycles. The Bertz CT molecular complexity index is 165. The summed E-state index contributed by atoms with van der Waals surface area (Å²) in [6.07, 6.45) is 2.46. The average Bonchev–Trinajstić information content (AvgIpc) is 1.82. The molecule has 0 aliphatic rings. The van der Waals surface area contributed by atoms with Gasteiger partial charge in [-0.05, 0) is 19.8 Å². The summed E-state index contributed by atoms with van der Waals surface area (Å²) in [4.78, 5) is 11.2. The zero-order valence-electron chi connectivity index (χ0n) is 8.13. The molecule has 1 N–H and O–H groups in total. The van der Waals surface area contributed by atoms with Crippen LogP contribution in [0, 0.1) is 5.92 Å². The fraction of sp³-hybridized carbons (Fsp3) is 0.700. The van der Waals surface area contributed by atoms with Gasteiger partial charge in [0.05, 0.1) is 5.60 Å². The third kappa shape index (κ3) is 6.10. The Morgan fingerprint density at radius 3 is 2.50 bits per heavy atom. The van der Waals surface area contributed by atoms with Crippen LogP contribution in [0.1, 0.15) is 33.6 Å². The van der Waals surface area contributed by atoms with Crippen molar-refractivity contribution >= 4 is 5.78 Å². The Kier molecular flexibility index (Phi) is 4.18. The highest BCUT2D eigenvalue weighted by atomic mass is 16.3. The van der Waals surface area contributed by atoms with Crippen LogP contribution in [-0.4, -0.2) is 16.5 Å². The molecule has 0 aromatic rings. The van der Waals surface area contributed by atoms with E-state index >= 15 is 0 Å². The van der Waals surface area contributed by atoms with E-state index in [0.29, 0.717) is 6.42 Å². The Morgan fingerprint density at radius 2 is 2.17 bits per heavy atom. The Labute approximate surface area is 74.3 Å². The van der Waals surface area contributed by atoms with Crippen molar-refractivity contribution < 1.29 is 9.90 Å². The van der Waals surface area contributed by atoms with Crippen LogP contribution in [0.4, 0.5) is 0 Å². The zero-order chi connectivity index (χ0) is 9.78. The van der Waals surface area contributed by atoms with Crippen molar-refractivity contribution in [2.75, 3.05) is 0 Å². The molecule has 0 radical (unpaired) electrons. The van der Waals surface area contributed by atoms with Crippen molar-refractivity contribution in [3.8, 4) is 0 Å². The van der Waals surface area contributed by atoms with Crippen LogP contribution in [0.3, 0.4) is 0 Å². The van der Waals surface area contributed by atoms with Crippen molar-refractivity contribution in [1.29, 1.82) is 0 Å². The van der Waals surface area contributed by atoms with Gasteiger partial charge in [-0.3, -0.25) is 4.79 Å². The van der Waals surface area contributed by atoms with Gasteiger partial charge in [0.15, 0.2) is 0 Å². The second-order valence-corrected chi connectivity index (χ2v) is 3.94. The molecule has 0 bridgehead atoms. The molecule has 0 saturated carbocycles. The van der Waals surface area contributed by atoms with Crippen LogP contribution in [0.5, 0.6) is 0 Å². The summed E-state index contributed by atoms with van der Waals surface area (Å²) in [6.45, 7) is 8.82. The minimum Gasteiger partial charge on any atom is -0.390 e. The van der Waals surface area contributed by atoms with Gasteiger partial charge in [-0.1, -0.05) is 13.0 Å². The van der Waals surface area contributed by atoms with Crippen LogP contribution in [0.2, 0.25) is 0 Å². The number of hydrogen-bond acceptors (Lipinski definition) is 2. The maximum absolute atomic E-state index is 11.2. The molecule has 0 heterocycles. The van der Waals surface area contributed by atoms with E-state index in [2.05, 4.69) is 6.58 Å². The quantitative estimate of drug-likeness (QED) is 0.640. The topological polar surface area (TPSA) is 37.3 Å². The van der Waals surface area contributed by atoms with E-state index in [1.165, 1.54) is 0 Å². The number of carbonyl (C=O) groups excluding carboxylic acids is 1. The van der Waals surface area contributed by atoms with Crippen molar-refractivity contribution in [2.45, 2.75) is 39.2 Å². The van der Waals surface area contributed by atoms with Crippen molar-refractivity contribution in [1.82, 2.24) is 0 Å². The lowest BCUT2D eigenvalue weighted by atomic mass is 9.96. The molecular weight excluding hydrogens is 152 g/mol. The van der Waals surface area contributed by atoms with E-state index in [-0.39, 0.29) is 18.1 Å². The molecule has 0 amide bonds. The van der Waals surface area contributed by atoms with E-state index in [1.807, 2.05) is 6.92 Å². The van der Waals surface area contributed by atoms with Gasteiger partial charge in [0, 0.05) is 12.8 Å². The van der Waals surface area contributed by atoms with E-state index in [9.17, 15) is 9.90 Å². The van der Waals surface area contributed by atoms with Gasteiger partial charge in [-0.25, -0.2) is 0 Å². The maximum atomic E-state index is 11.2. The molecule has 2 nitrogen and oxygen atoms in total. The molecule has 2 heteroatoms.